The number of nitrogens with one attached hydrogen (secondary N) is 1. The van der Waals surface area contributed by atoms with E-state index in [4.69, 9.17) is 5.73 Å². The maximum absolute atomic E-state index is 12.6. The van der Waals surface area contributed by atoms with Gasteiger partial charge in [0.1, 0.15) is 5.82 Å². The summed E-state index contributed by atoms with van der Waals surface area (Å²) >= 11 is 0. The summed E-state index contributed by atoms with van der Waals surface area (Å²) in [5.41, 5.74) is 5.46. The third-order valence-corrected chi connectivity index (χ3v) is 2.07. The predicted molar refractivity (Wildman–Crippen MR) is 64.2 cm³/mol. The van der Waals surface area contributed by atoms with Gasteiger partial charge in [-0.15, -0.1) is 12.4 Å². The lowest BCUT2D eigenvalue weighted by Gasteiger charge is -2.24. The first kappa shape index (κ1) is 14.9. The van der Waals surface area contributed by atoms with E-state index < -0.39 is 5.54 Å². The zero-order valence-corrected chi connectivity index (χ0v) is 10.1. The van der Waals surface area contributed by atoms with E-state index in [1.165, 1.54) is 24.3 Å². The first-order valence-corrected chi connectivity index (χ1v) is 4.73. The van der Waals surface area contributed by atoms with Crippen LogP contribution in [0.4, 0.5) is 4.39 Å². The first-order valence-electron chi connectivity index (χ1n) is 4.73. The monoisotopic (exact) mass is 246 g/mol. The van der Waals surface area contributed by atoms with Crippen LogP contribution in [0.3, 0.4) is 0 Å². The fourth-order valence-electron chi connectivity index (χ4n) is 1.03. The van der Waals surface area contributed by atoms with Crippen LogP contribution in [-0.4, -0.2) is 18.0 Å². The van der Waals surface area contributed by atoms with Crippen LogP contribution in [0.2, 0.25) is 0 Å². The Labute approximate surface area is 101 Å². The normalized spacial score (nSPS) is 10.5. The molecule has 0 saturated heterocycles. The van der Waals surface area contributed by atoms with Gasteiger partial charge in [-0.2, -0.15) is 0 Å². The van der Waals surface area contributed by atoms with Gasteiger partial charge in [0.2, 0.25) is 0 Å². The maximum Gasteiger partial charge on any atom is 0.251 e. The third kappa shape index (κ3) is 4.16. The summed E-state index contributed by atoms with van der Waals surface area (Å²) in [6, 6.07) is 5.39. The minimum atomic E-state index is -0.453. The molecular formula is C11H16ClFN2O. The highest BCUT2D eigenvalue weighted by atomic mass is 35.5. The molecule has 1 rings (SSSR count). The van der Waals surface area contributed by atoms with E-state index in [9.17, 15) is 9.18 Å². The van der Waals surface area contributed by atoms with Crippen molar-refractivity contribution < 1.29 is 9.18 Å². The number of benzene rings is 1. The van der Waals surface area contributed by atoms with Crippen molar-refractivity contribution >= 4 is 18.3 Å². The maximum atomic E-state index is 12.6. The van der Waals surface area contributed by atoms with Gasteiger partial charge in [-0.25, -0.2) is 4.39 Å². The highest BCUT2D eigenvalue weighted by molar-refractivity contribution is 5.94. The van der Waals surface area contributed by atoms with Gasteiger partial charge in [-0.3, -0.25) is 4.79 Å². The second kappa shape index (κ2) is 5.82. The molecule has 90 valence electrons. The van der Waals surface area contributed by atoms with E-state index in [2.05, 4.69) is 5.32 Å². The van der Waals surface area contributed by atoms with E-state index in [1.807, 2.05) is 13.8 Å². The van der Waals surface area contributed by atoms with Crippen LogP contribution < -0.4 is 11.1 Å². The summed E-state index contributed by atoms with van der Waals surface area (Å²) in [5, 5.41) is 2.76. The Morgan fingerprint density at radius 1 is 1.38 bits per heavy atom. The topological polar surface area (TPSA) is 55.1 Å². The summed E-state index contributed by atoms with van der Waals surface area (Å²) in [6.07, 6.45) is 0. The van der Waals surface area contributed by atoms with Gasteiger partial charge in [0, 0.05) is 17.6 Å². The molecule has 0 saturated carbocycles. The van der Waals surface area contributed by atoms with Crippen molar-refractivity contribution in [3.8, 4) is 0 Å². The van der Waals surface area contributed by atoms with Crippen LogP contribution in [-0.2, 0) is 0 Å². The number of halogens is 2. The van der Waals surface area contributed by atoms with Gasteiger partial charge in [-0.1, -0.05) is 0 Å². The molecule has 0 aliphatic carbocycles. The Balaban J connectivity index is 0.00000225. The summed E-state index contributed by atoms with van der Waals surface area (Å²) in [6.45, 7) is 4.00. The minimum absolute atomic E-state index is 0. The first-order chi connectivity index (χ1) is 6.94. The second-order valence-electron chi connectivity index (χ2n) is 4.05. The molecular weight excluding hydrogens is 231 g/mol. The molecule has 3 nitrogen and oxygen atoms in total. The molecule has 0 heterocycles. The number of nitrogens with two attached hydrogens (primary N) is 1. The number of carbonyl (C=O) groups is 1. The molecule has 0 unspecified atom stereocenters. The van der Waals surface area contributed by atoms with Crippen LogP contribution in [0.1, 0.15) is 24.2 Å². The minimum Gasteiger partial charge on any atom is -0.346 e. The standard InChI is InChI=1S/C11H15FN2O.ClH/c1-11(2,7-13)14-10(15)8-3-5-9(12)6-4-8;/h3-6H,7,13H2,1-2H3,(H,14,15);1H. The summed E-state index contributed by atoms with van der Waals surface area (Å²) in [4.78, 5) is 11.6. The Morgan fingerprint density at radius 3 is 2.31 bits per heavy atom. The van der Waals surface area contributed by atoms with E-state index in [0.717, 1.165) is 0 Å². The fourth-order valence-corrected chi connectivity index (χ4v) is 1.03. The van der Waals surface area contributed by atoms with Crippen LogP contribution >= 0.6 is 12.4 Å². The van der Waals surface area contributed by atoms with Crippen molar-refractivity contribution in [2.24, 2.45) is 5.73 Å². The Hall–Kier alpha value is -1.13. The summed E-state index contributed by atoms with van der Waals surface area (Å²) in [7, 11) is 0. The van der Waals surface area contributed by atoms with Gasteiger partial charge in [-0.05, 0) is 38.1 Å². The quantitative estimate of drug-likeness (QED) is 0.853. The summed E-state index contributed by atoms with van der Waals surface area (Å²) in [5.74, 6) is -0.602. The van der Waals surface area contributed by atoms with Crippen molar-refractivity contribution in [3.63, 3.8) is 0 Å². The Kier molecular flexibility index (Phi) is 5.41. The summed E-state index contributed by atoms with van der Waals surface area (Å²) < 4.78 is 12.6. The smallest absolute Gasteiger partial charge is 0.251 e. The molecule has 1 aromatic carbocycles. The van der Waals surface area contributed by atoms with Crippen LogP contribution in [0.15, 0.2) is 24.3 Å². The molecule has 0 aliphatic rings. The van der Waals surface area contributed by atoms with Crippen LogP contribution in [0, 0.1) is 5.82 Å². The van der Waals surface area contributed by atoms with Gasteiger partial charge in [0.15, 0.2) is 0 Å². The zero-order valence-electron chi connectivity index (χ0n) is 9.29. The van der Waals surface area contributed by atoms with Gasteiger partial charge in [0.25, 0.3) is 5.91 Å². The molecule has 5 heteroatoms. The van der Waals surface area contributed by atoms with Crippen molar-refractivity contribution in [2.45, 2.75) is 19.4 Å². The van der Waals surface area contributed by atoms with Gasteiger partial charge < -0.3 is 11.1 Å². The zero-order chi connectivity index (χ0) is 11.5. The lowest BCUT2D eigenvalue weighted by molar-refractivity contribution is 0.0915. The van der Waals surface area contributed by atoms with Gasteiger partial charge >= 0.3 is 0 Å². The number of hydrogen-bond donors (Lipinski definition) is 2. The van der Waals surface area contributed by atoms with E-state index in [0.29, 0.717) is 12.1 Å². The van der Waals surface area contributed by atoms with Crippen molar-refractivity contribution in [2.75, 3.05) is 6.54 Å². The number of rotatable bonds is 3. The average Bonchev–Trinajstić information content (AvgIpc) is 2.18. The van der Waals surface area contributed by atoms with Crippen molar-refractivity contribution in [1.82, 2.24) is 5.32 Å². The fraction of sp³-hybridized carbons (Fsp3) is 0.364. The van der Waals surface area contributed by atoms with Crippen LogP contribution in [0.5, 0.6) is 0 Å². The molecule has 0 bridgehead atoms. The lowest BCUT2D eigenvalue weighted by Crippen LogP contribution is -2.48. The second-order valence-corrected chi connectivity index (χ2v) is 4.05. The molecule has 1 amide bonds. The Morgan fingerprint density at radius 2 is 1.88 bits per heavy atom. The molecule has 0 spiro atoms. The molecule has 0 radical (unpaired) electrons. The van der Waals surface area contributed by atoms with E-state index >= 15 is 0 Å². The predicted octanol–water partition coefficient (Wildman–Crippen LogP) is 1.71. The largest absolute Gasteiger partial charge is 0.346 e. The molecule has 16 heavy (non-hydrogen) atoms. The highest BCUT2D eigenvalue weighted by Crippen LogP contribution is 2.05. The molecule has 0 aliphatic heterocycles. The molecule has 1 aromatic rings. The third-order valence-electron chi connectivity index (χ3n) is 2.07. The average molecular weight is 247 g/mol. The molecule has 0 fully saturated rings. The van der Waals surface area contributed by atoms with Crippen molar-refractivity contribution in [3.05, 3.63) is 35.6 Å². The number of hydrogen-bond acceptors (Lipinski definition) is 2. The molecule has 0 atom stereocenters. The van der Waals surface area contributed by atoms with Crippen LogP contribution in [0.25, 0.3) is 0 Å². The SMILES string of the molecule is CC(C)(CN)NC(=O)c1ccc(F)cc1.Cl. The number of carbonyl (C=O) groups excluding carboxylic acids is 1. The van der Waals surface area contributed by atoms with E-state index in [1.54, 1.807) is 0 Å². The van der Waals surface area contributed by atoms with Gasteiger partial charge in [0.05, 0.1) is 0 Å². The number of amides is 1. The molecule has 0 aromatic heterocycles. The Bertz CT molecular complexity index is 352. The highest BCUT2D eigenvalue weighted by Gasteiger charge is 2.18. The van der Waals surface area contributed by atoms with Crippen molar-refractivity contribution in [1.29, 1.82) is 0 Å². The lowest BCUT2D eigenvalue weighted by atomic mass is 10.1. The molecule has 3 N–H and O–H groups in total. The van der Waals surface area contributed by atoms with E-state index in [-0.39, 0.29) is 24.1 Å².